The molecule has 0 amide bonds. The third-order valence-corrected chi connectivity index (χ3v) is 8.05. The molecule has 0 aliphatic carbocycles. The minimum Gasteiger partial charge on any atom is -0.340 e. The van der Waals surface area contributed by atoms with Crippen LogP contribution in [0.25, 0.3) is 0 Å². The second-order valence-electron chi connectivity index (χ2n) is 7.73. The van der Waals surface area contributed by atoms with E-state index in [4.69, 9.17) is 0 Å². The summed E-state index contributed by atoms with van der Waals surface area (Å²) >= 11 is 1.14. The number of anilines is 1. The van der Waals surface area contributed by atoms with Crippen molar-refractivity contribution in [3.63, 3.8) is 0 Å². The quantitative estimate of drug-likeness (QED) is 0.696. The molecule has 0 aromatic carbocycles. The second kappa shape index (κ2) is 8.50. The lowest BCUT2D eigenvalue weighted by molar-refractivity contribution is 0.310. The molecule has 1 aliphatic rings. The Morgan fingerprint density at radius 1 is 1.17 bits per heavy atom. The van der Waals surface area contributed by atoms with Crippen molar-refractivity contribution in [2.75, 3.05) is 38.1 Å². The van der Waals surface area contributed by atoms with Gasteiger partial charge < -0.3 is 9.80 Å². The second-order valence-corrected chi connectivity index (χ2v) is 10.8. The van der Waals surface area contributed by atoms with Crippen LogP contribution in [0.4, 0.5) is 5.95 Å². The zero-order valence-corrected chi connectivity index (χ0v) is 19.0. The highest BCUT2D eigenvalue weighted by atomic mass is 32.2. The van der Waals surface area contributed by atoms with Crippen LogP contribution in [0, 0.1) is 19.8 Å². The number of sulfonamides is 1. The summed E-state index contributed by atoms with van der Waals surface area (Å²) in [5, 5.41) is 0.690. The number of H-pyrrole nitrogens is 1. The predicted octanol–water partition coefficient (Wildman–Crippen LogP) is 1.27. The number of aromatic nitrogens is 3. The van der Waals surface area contributed by atoms with E-state index < -0.39 is 16.1 Å². The molecule has 1 saturated heterocycles. The third-order valence-electron chi connectivity index (χ3n) is 4.92. The number of rotatable bonds is 6. The Labute approximate surface area is 175 Å². The van der Waals surface area contributed by atoms with E-state index >= 15 is 0 Å². The van der Waals surface area contributed by atoms with Gasteiger partial charge in [0, 0.05) is 32.2 Å². The zero-order valence-electron chi connectivity index (χ0n) is 17.4. The molecule has 2 aromatic rings. The fourth-order valence-corrected chi connectivity index (χ4v) is 6.17. The van der Waals surface area contributed by atoms with E-state index in [-0.39, 0.29) is 15.7 Å². The maximum atomic E-state index is 13.0. The molecule has 160 valence electrons. The monoisotopic (exact) mass is 440 g/mol. The van der Waals surface area contributed by atoms with E-state index in [1.807, 2.05) is 18.7 Å². The van der Waals surface area contributed by atoms with Gasteiger partial charge in [-0.1, -0.05) is 13.8 Å². The Bertz CT molecular complexity index is 1020. The van der Waals surface area contributed by atoms with Gasteiger partial charge in [0.05, 0.1) is 22.4 Å². The lowest BCUT2D eigenvalue weighted by atomic mass is 10.0. The van der Waals surface area contributed by atoms with Crippen molar-refractivity contribution in [1.82, 2.24) is 24.6 Å². The molecule has 11 heteroatoms. The number of hydrogen-bond acceptors (Lipinski definition) is 8. The van der Waals surface area contributed by atoms with Gasteiger partial charge in [-0.05, 0) is 26.8 Å². The normalized spacial score (nSPS) is 17.1. The van der Waals surface area contributed by atoms with Crippen LogP contribution in [-0.2, 0) is 10.0 Å². The van der Waals surface area contributed by atoms with Crippen molar-refractivity contribution in [3.05, 3.63) is 32.8 Å². The summed E-state index contributed by atoms with van der Waals surface area (Å²) in [6.45, 7) is 10.5. The van der Waals surface area contributed by atoms with Crippen molar-refractivity contribution in [2.24, 2.45) is 5.92 Å². The SMILES string of the molecule is Cc1nc(C)c(S(=O)(=O)NC(c2cc(=O)[nH]c(N3CCN(C)CC3)n2)C(C)C)s1. The fourth-order valence-electron chi connectivity index (χ4n) is 3.31. The lowest BCUT2D eigenvalue weighted by Gasteiger charge is -2.33. The number of nitrogens with one attached hydrogen (secondary N) is 2. The molecule has 3 rings (SSSR count). The Morgan fingerprint density at radius 3 is 2.38 bits per heavy atom. The molecule has 3 heterocycles. The maximum absolute atomic E-state index is 13.0. The average molecular weight is 441 g/mol. The predicted molar refractivity (Wildman–Crippen MR) is 114 cm³/mol. The molecule has 29 heavy (non-hydrogen) atoms. The Hall–Kier alpha value is -1.82. The largest absolute Gasteiger partial charge is 0.340 e. The van der Waals surface area contributed by atoms with Crippen molar-refractivity contribution < 1.29 is 8.42 Å². The van der Waals surface area contributed by atoms with E-state index in [2.05, 4.69) is 31.6 Å². The highest BCUT2D eigenvalue weighted by Gasteiger charge is 2.29. The van der Waals surface area contributed by atoms with Crippen LogP contribution < -0.4 is 15.2 Å². The van der Waals surface area contributed by atoms with Gasteiger partial charge in [0.25, 0.3) is 15.6 Å². The van der Waals surface area contributed by atoms with Gasteiger partial charge >= 0.3 is 0 Å². The van der Waals surface area contributed by atoms with Crippen molar-refractivity contribution >= 4 is 27.3 Å². The van der Waals surface area contributed by atoms with Crippen molar-refractivity contribution in [1.29, 1.82) is 0 Å². The number of nitrogens with zero attached hydrogens (tertiary/aromatic N) is 4. The summed E-state index contributed by atoms with van der Waals surface area (Å²) in [6, 6.07) is 0.743. The van der Waals surface area contributed by atoms with Crippen LogP contribution in [0.3, 0.4) is 0 Å². The Balaban J connectivity index is 1.93. The molecule has 1 fully saturated rings. The van der Waals surface area contributed by atoms with Gasteiger partial charge in [-0.2, -0.15) is 0 Å². The summed E-state index contributed by atoms with van der Waals surface area (Å²) in [5.41, 5.74) is 0.596. The molecule has 0 spiro atoms. The van der Waals surface area contributed by atoms with E-state index in [0.717, 1.165) is 37.5 Å². The first kappa shape index (κ1) is 21.9. The van der Waals surface area contributed by atoms with E-state index in [9.17, 15) is 13.2 Å². The molecule has 2 aromatic heterocycles. The summed E-state index contributed by atoms with van der Waals surface area (Å²) in [5.74, 6) is 0.379. The topological polar surface area (TPSA) is 111 Å². The molecule has 0 radical (unpaired) electrons. The van der Waals surface area contributed by atoms with Crippen LogP contribution in [0.15, 0.2) is 15.1 Å². The number of hydrogen-bond donors (Lipinski definition) is 2. The fraction of sp³-hybridized carbons (Fsp3) is 0.611. The lowest BCUT2D eigenvalue weighted by Crippen LogP contribution is -2.45. The summed E-state index contributed by atoms with van der Waals surface area (Å²) in [6.07, 6.45) is 0. The van der Waals surface area contributed by atoms with Gasteiger partial charge in [-0.3, -0.25) is 9.78 Å². The van der Waals surface area contributed by atoms with E-state index in [1.54, 1.807) is 13.8 Å². The summed E-state index contributed by atoms with van der Waals surface area (Å²) in [7, 11) is -1.73. The van der Waals surface area contributed by atoms with Gasteiger partial charge in [0.15, 0.2) is 4.21 Å². The Kier molecular flexibility index (Phi) is 6.42. The number of piperazine rings is 1. The Morgan fingerprint density at radius 2 is 1.83 bits per heavy atom. The first-order valence-electron chi connectivity index (χ1n) is 9.58. The van der Waals surface area contributed by atoms with E-state index in [0.29, 0.717) is 22.3 Å². The minimum atomic E-state index is -3.79. The highest BCUT2D eigenvalue weighted by Crippen LogP contribution is 2.27. The number of aromatic amines is 1. The van der Waals surface area contributed by atoms with Gasteiger partial charge in [0.1, 0.15) is 0 Å². The molecule has 2 N–H and O–H groups in total. The van der Waals surface area contributed by atoms with Crippen LogP contribution in [0.1, 0.15) is 36.3 Å². The minimum absolute atomic E-state index is 0.103. The molecule has 0 bridgehead atoms. The standard InChI is InChI=1S/C18H28N6O3S2/c1-11(2)16(22-29(26,27)17-12(3)19-13(4)28-17)14-10-15(25)21-18(20-14)24-8-6-23(5)7-9-24/h10-11,16,22H,6-9H2,1-5H3,(H,20,21,25). The molecule has 9 nitrogen and oxygen atoms in total. The van der Waals surface area contributed by atoms with Crippen LogP contribution in [0.2, 0.25) is 0 Å². The average Bonchev–Trinajstić information content (AvgIpc) is 2.99. The van der Waals surface area contributed by atoms with Crippen LogP contribution in [-0.4, -0.2) is 61.5 Å². The third kappa shape index (κ3) is 5.03. The summed E-state index contributed by atoms with van der Waals surface area (Å²) < 4.78 is 28.9. The highest BCUT2D eigenvalue weighted by molar-refractivity contribution is 7.91. The number of aryl methyl sites for hydroxylation is 2. The van der Waals surface area contributed by atoms with E-state index in [1.165, 1.54) is 6.07 Å². The first-order valence-corrected chi connectivity index (χ1v) is 11.9. The maximum Gasteiger partial charge on any atom is 0.252 e. The number of likely N-dealkylation sites (N-methyl/N-ethyl adjacent to an activating group) is 1. The van der Waals surface area contributed by atoms with Crippen molar-refractivity contribution in [2.45, 2.75) is 37.9 Å². The molecule has 1 atom stereocenters. The van der Waals surface area contributed by atoms with Crippen LogP contribution in [0.5, 0.6) is 0 Å². The first-order chi connectivity index (χ1) is 13.6. The smallest absolute Gasteiger partial charge is 0.252 e. The van der Waals surface area contributed by atoms with Gasteiger partial charge in [0.2, 0.25) is 5.95 Å². The molecule has 1 aliphatic heterocycles. The van der Waals surface area contributed by atoms with Gasteiger partial charge in [-0.25, -0.2) is 23.1 Å². The summed E-state index contributed by atoms with van der Waals surface area (Å²) in [4.78, 5) is 28.2. The molecular weight excluding hydrogens is 412 g/mol. The molecule has 0 saturated carbocycles. The van der Waals surface area contributed by atoms with Crippen LogP contribution >= 0.6 is 11.3 Å². The van der Waals surface area contributed by atoms with Crippen molar-refractivity contribution in [3.8, 4) is 0 Å². The molecular formula is C18H28N6O3S2. The van der Waals surface area contributed by atoms with Gasteiger partial charge in [-0.15, -0.1) is 11.3 Å². The molecule has 1 unspecified atom stereocenters. The number of thiazole rings is 1. The zero-order chi connectivity index (χ0) is 21.3.